The van der Waals surface area contributed by atoms with E-state index in [1.54, 1.807) is 0 Å². The number of carbonyl (C=O) groups is 1. The molecule has 1 rings (SSSR count). The average molecular weight is 137 g/mol. The predicted octanol–water partition coefficient (Wildman–Crippen LogP) is 1.36. The molecule has 2 heteroatoms. The van der Waals surface area contributed by atoms with E-state index in [0.29, 0.717) is 0 Å². The van der Waals surface area contributed by atoms with E-state index in [9.17, 15) is 4.79 Å². The minimum absolute atomic E-state index is 0.00171. The minimum Gasteiger partial charge on any atom is -0.323 e. The lowest BCUT2D eigenvalue weighted by atomic mass is 10.1. The monoisotopic (exact) mass is 137 g/mol. The highest BCUT2D eigenvalue weighted by atomic mass is 16.1. The molecule has 0 saturated carbocycles. The highest BCUT2D eigenvalue weighted by molar-refractivity contribution is 5.99. The molecule has 0 aromatic rings. The number of allylic oxidation sites excluding steroid dienone is 1. The van der Waals surface area contributed by atoms with Crippen molar-refractivity contribution in [2.24, 2.45) is 0 Å². The number of carbonyl (C=O) groups excluding carboxylic acids is 1. The second kappa shape index (κ2) is 2.29. The molecule has 1 aliphatic rings. The Kier molecular flexibility index (Phi) is 1.62. The van der Waals surface area contributed by atoms with E-state index < -0.39 is 0 Å². The van der Waals surface area contributed by atoms with Gasteiger partial charge in [-0.25, -0.2) is 0 Å². The lowest BCUT2D eigenvalue weighted by Crippen LogP contribution is -2.14. The largest absolute Gasteiger partial charge is 0.323 e. The molecule has 1 amide bonds. The molecule has 0 bridgehead atoms. The van der Waals surface area contributed by atoms with Gasteiger partial charge in [0.1, 0.15) is 0 Å². The molecule has 0 atom stereocenters. The van der Waals surface area contributed by atoms with Gasteiger partial charge in [-0.3, -0.25) is 4.79 Å². The Morgan fingerprint density at radius 2 is 2.20 bits per heavy atom. The molecule has 1 N–H and O–H groups in total. The van der Waals surface area contributed by atoms with Crippen molar-refractivity contribution in [3.8, 4) is 0 Å². The van der Waals surface area contributed by atoms with Crippen LogP contribution in [0.3, 0.4) is 0 Å². The first-order valence-corrected chi connectivity index (χ1v) is 3.37. The van der Waals surface area contributed by atoms with Crippen LogP contribution in [0.2, 0.25) is 0 Å². The van der Waals surface area contributed by atoms with Gasteiger partial charge in [-0.15, -0.1) is 0 Å². The lowest BCUT2D eigenvalue weighted by molar-refractivity contribution is -0.116. The number of rotatable bonds is 1. The molecule has 0 saturated heterocycles. The molecular weight excluding hydrogens is 126 g/mol. The highest BCUT2D eigenvalue weighted by Crippen LogP contribution is 2.20. The van der Waals surface area contributed by atoms with Gasteiger partial charge in [0.15, 0.2) is 0 Å². The summed E-state index contributed by atoms with van der Waals surface area (Å²) in [6, 6.07) is 0. The van der Waals surface area contributed by atoms with Crippen LogP contribution in [0, 0.1) is 0 Å². The van der Waals surface area contributed by atoms with Crippen LogP contribution in [0.1, 0.15) is 20.3 Å². The molecule has 0 radical (unpaired) electrons. The third-order valence-corrected chi connectivity index (χ3v) is 1.78. The highest BCUT2D eigenvalue weighted by Gasteiger charge is 2.19. The Balaban J connectivity index is 3.01. The van der Waals surface area contributed by atoms with Crippen LogP contribution in [0.15, 0.2) is 23.4 Å². The quantitative estimate of drug-likeness (QED) is 0.580. The van der Waals surface area contributed by atoms with E-state index >= 15 is 0 Å². The standard InChI is InChI=1S/C8H11NO/c1-4-7-5(2)8(10)9-6(7)3/h3-4H2,1-2H3,(H,9,10). The maximum absolute atomic E-state index is 10.9. The molecule has 10 heavy (non-hydrogen) atoms. The van der Waals surface area contributed by atoms with Crippen LogP contribution in [0.25, 0.3) is 0 Å². The molecule has 0 unspecified atom stereocenters. The van der Waals surface area contributed by atoms with E-state index in [1.807, 2.05) is 13.8 Å². The summed E-state index contributed by atoms with van der Waals surface area (Å²) in [5.74, 6) is 0.00171. The first-order chi connectivity index (χ1) is 4.66. The van der Waals surface area contributed by atoms with Gasteiger partial charge < -0.3 is 5.32 Å². The number of hydrogen-bond donors (Lipinski definition) is 1. The van der Waals surface area contributed by atoms with Crippen LogP contribution >= 0.6 is 0 Å². The van der Waals surface area contributed by atoms with E-state index in [4.69, 9.17) is 0 Å². The summed E-state index contributed by atoms with van der Waals surface area (Å²) >= 11 is 0. The SMILES string of the molecule is C=C1NC(=O)C(C)=C1CC. The van der Waals surface area contributed by atoms with E-state index in [0.717, 1.165) is 23.3 Å². The third-order valence-electron chi connectivity index (χ3n) is 1.78. The van der Waals surface area contributed by atoms with Gasteiger partial charge in [-0.05, 0) is 18.9 Å². The summed E-state index contributed by atoms with van der Waals surface area (Å²) in [6.07, 6.45) is 0.878. The first kappa shape index (κ1) is 7.06. The van der Waals surface area contributed by atoms with Crippen molar-refractivity contribution in [2.45, 2.75) is 20.3 Å². The maximum Gasteiger partial charge on any atom is 0.251 e. The Morgan fingerprint density at radius 3 is 2.40 bits per heavy atom. The molecule has 1 heterocycles. The van der Waals surface area contributed by atoms with Crippen LogP contribution < -0.4 is 5.32 Å². The summed E-state index contributed by atoms with van der Waals surface area (Å²) < 4.78 is 0. The van der Waals surface area contributed by atoms with Crippen LogP contribution in [0.4, 0.5) is 0 Å². The van der Waals surface area contributed by atoms with Crippen molar-refractivity contribution < 1.29 is 4.79 Å². The van der Waals surface area contributed by atoms with Crippen molar-refractivity contribution in [2.75, 3.05) is 0 Å². The van der Waals surface area contributed by atoms with E-state index in [-0.39, 0.29) is 5.91 Å². The zero-order valence-corrected chi connectivity index (χ0v) is 6.32. The topological polar surface area (TPSA) is 29.1 Å². The fraction of sp³-hybridized carbons (Fsp3) is 0.375. The Bertz CT molecular complexity index is 225. The van der Waals surface area contributed by atoms with Gasteiger partial charge in [-0.1, -0.05) is 13.5 Å². The first-order valence-electron chi connectivity index (χ1n) is 3.37. The molecular formula is C8H11NO. The van der Waals surface area contributed by atoms with Crippen LogP contribution in [-0.4, -0.2) is 5.91 Å². The molecule has 54 valence electrons. The van der Waals surface area contributed by atoms with E-state index in [2.05, 4.69) is 11.9 Å². The zero-order chi connectivity index (χ0) is 7.72. The molecule has 0 aromatic carbocycles. The molecule has 1 aliphatic heterocycles. The summed E-state index contributed by atoms with van der Waals surface area (Å²) in [4.78, 5) is 10.9. The van der Waals surface area contributed by atoms with Crippen molar-refractivity contribution in [1.82, 2.24) is 5.32 Å². The summed E-state index contributed by atoms with van der Waals surface area (Å²) in [5.41, 5.74) is 2.64. The van der Waals surface area contributed by atoms with Gasteiger partial charge in [0.05, 0.1) is 0 Å². The molecule has 0 fully saturated rings. The van der Waals surface area contributed by atoms with Crippen molar-refractivity contribution in [3.05, 3.63) is 23.4 Å². The predicted molar refractivity (Wildman–Crippen MR) is 40.3 cm³/mol. The third kappa shape index (κ3) is 0.856. The molecule has 2 nitrogen and oxygen atoms in total. The maximum atomic E-state index is 10.9. The lowest BCUT2D eigenvalue weighted by Gasteiger charge is -1.96. The molecule has 0 aromatic heterocycles. The van der Waals surface area contributed by atoms with Crippen molar-refractivity contribution in [3.63, 3.8) is 0 Å². The molecule has 0 aliphatic carbocycles. The fourth-order valence-corrected chi connectivity index (χ4v) is 1.15. The van der Waals surface area contributed by atoms with Gasteiger partial charge >= 0.3 is 0 Å². The van der Waals surface area contributed by atoms with E-state index in [1.165, 1.54) is 0 Å². The number of amides is 1. The number of nitrogens with one attached hydrogen (secondary N) is 1. The summed E-state index contributed by atoms with van der Waals surface area (Å²) in [7, 11) is 0. The van der Waals surface area contributed by atoms with Gasteiger partial charge in [0.2, 0.25) is 0 Å². The second-order valence-corrected chi connectivity index (χ2v) is 2.39. The average Bonchev–Trinajstić information content (AvgIpc) is 2.09. The van der Waals surface area contributed by atoms with Crippen LogP contribution in [0.5, 0.6) is 0 Å². The summed E-state index contributed by atoms with van der Waals surface area (Å²) in [6.45, 7) is 7.56. The van der Waals surface area contributed by atoms with Crippen molar-refractivity contribution in [1.29, 1.82) is 0 Å². The van der Waals surface area contributed by atoms with Crippen molar-refractivity contribution >= 4 is 5.91 Å². The zero-order valence-electron chi connectivity index (χ0n) is 6.32. The van der Waals surface area contributed by atoms with Gasteiger partial charge in [0.25, 0.3) is 5.91 Å². The van der Waals surface area contributed by atoms with Gasteiger partial charge in [-0.2, -0.15) is 0 Å². The Labute approximate surface area is 60.6 Å². The Hall–Kier alpha value is -1.05. The number of hydrogen-bond acceptors (Lipinski definition) is 1. The Morgan fingerprint density at radius 1 is 1.60 bits per heavy atom. The van der Waals surface area contributed by atoms with Gasteiger partial charge in [0, 0.05) is 11.3 Å². The second-order valence-electron chi connectivity index (χ2n) is 2.39. The fourth-order valence-electron chi connectivity index (χ4n) is 1.15. The smallest absolute Gasteiger partial charge is 0.251 e. The normalized spacial score (nSPS) is 18.2. The molecule has 0 spiro atoms. The minimum atomic E-state index is 0.00171. The van der Waals surface area contributed by atoms with Crippen LogP contribution in [-0.2, 0) is 4.79 Å². The summed E-state index contributed by atoms with van der Waals surface area (Å²) in [5, 5.41) is 2.66.